The summed E-state index contributed by atoms with van der Waals surface area (Å²) in [7, 11) is 0. The molecule has 1 heterocycles. The Morgan fingerprint density at radius 3 is 2.53 bits per heavy atom. The molecule has 0 spiro atoms. The van der Waals surface area contributed by atoms with Crippen molar-refractivity contribution >= 4 is 17.3 Å². The molecule has 19 heavy (non-hydrogen) atoms. The molecular formula is C13H10ClF3N2. The minimum absolute atomic E-state index is 0.0557. The van der Waals surface area contributed by atoms with Gasteiger partial charge in [0.05, 0.1) is 22.3 Å². The number of nitriles is 1. The van der Waals surface area contributed by atoms with Crippen LogP contribution >= 0.6 is 11.6 Å². The van der Waals surface area contributed by atoms with E-state index in [2.05, 4.69) is 0 Å². The second kappa shape index (κ2) is 5.14. The lowest BCUT2D eigenvalue weighted by Gasteiger charge is -2.29. The van der Waals surface area contributed by atoms with E-state index in [1.807, 2.05) is 6.07 Å². The number of rotatable bonds is 1. The predicted octanol–water partition coefficient (Wildman–Crippen LogP) is 3.91. The van der Waals surface area contributed by atoms with E-state index in [1.165, 1.54) is 12.1 Å². The maximum atomic E-state index is 12.5. The predicted molar refractivity (Wildman–Crippen MR) is 67.1 cm³/mol. The van der Waals surface area contributed by atoms with Gasteiger partial charge >= 0.3 is 6.18 Å². The zero-order valence-electron chi connectivity index (χ0n) is 9.84. The van der Waals surface area contributed by atoms with Crippen molar-refractivity contribution < 1.29 is 13.2 Å². The van der Waals surface area contributed by atoms with Crippen molar-refractivity contribution in [2.45, 2.75) is 12.6 Å². The Kier molecular flexibility index (Phi) is 3.72. The molecule has 1 aromatic carbocycles. The first-order valence-electron chi connectivity index (χ1n) is 5.62. The van der Waals surface area contributed by atoms with Gasteiger partial charge in [-0.05, 0) is 24.6 Å². The van der Waals surface area contributed by atoms with E-state index in [0.717, 1.165) is 0 Å². The average Bonchev–Trinajstić information content (AvgIpc) is 2.37. The molecule has 1 aliphatic rings. The third-order valence-electron chi connectivity index (χ3n) is 2.99. The average molecular weight is 287 g/mol. The summed E-state index contributed by atoms with van der Waals surface area (Å²) < 4.78 is 37.5. The Morgan fingerprint density at radius 2 is 2.05 bits per heavy atom. The van der Waals surface area contributed by atoms with Gasteiger partial charge in [0.15, 0.2) is 0 Å². The molecule has 0 saturated carbocycles. The van der Waals surface area contributed by atoms with Gasteiger partial charge in [-0.2, -0.15) is 18.4 Å². The summed E-state index contributed by atoms with van der Waals surface area (Å²) in [6.45, 7) is 0.428. The Hall–Kier alpha value is -1.67. The van der Waals surface area contributed by atoms with Crippen LogP contribution < -0.4 is 4.90 Å². The molecule has 0 bridgehead atoms. The molecule has 0 atom stereocenters. The Morgan fingerprint density at radius 1 is 1.32 bits per heavy atom. The second-order valence-electron chi connectivity index (χ2n) is 4.20. The lowest BCUT2D eigenvalue weighted by atomic mass is 10.1. The number of hydrogen-bond acceptors (Lipinski definition) is 2. The van der Waals surface area contributed by atoms with Gasteiger partial charge in [-0.3, -0.25) is 0 Å². The highest BCUT2D eigenvalue weighted by molar-refractivity contribution is 6.33. The Bertz CT molecular complexity index is 558. The summed E-state index contributed by atoms with van der Waals surface area (Å²) >= 11 is 6.03. The fourth-order valence-corrected chi connectivity index (χ4v) is 2.28. The molecule has 0 N–H and O–H groups in total. The third kappa shape index (κ3) is 3.02. The van der Waals surface area contributed by atoms with Gasteiger partial charge in [-0.25, -0.2) is 0 Å². The van der Waals surface area contributed by atoms with Crippen molar-refractivity contribution in [2.24, 2.45) is 0 Å². The summed E-state index contributed by atoms with van der Waals surface area (Å²) in [5.41, 5.74) is 0.587. The third-order valence-corrected chi connectivity index (χ3v) is 3.29. The first kappa shape index (κ1) is 13.8. The zero-order valence-corrected chi connectivity index (χ0v) is 10.6. The van der Waals surface area contributed by atoms with E-state index >= 15 is 0 Å². The van der Waals surface area contributed by atoms with Crippen LogP contribution in [0.15, 0.2) is 29.8 Å². The molecule has 0 radical (unpaired) electrons. The van der Waals surface area contributed by atoms with Crippen LogP contribution in [0.5, 0.6) is 0 Å². The van der Waals surface area contributed by atoms with Crippen LogP contribution in [0.2, 0.25) is 5.02 Å². The van der Waals surface area contributed by atoms with E-state index in [0.29, 0.717) is 16.3 Å². The van der Waals surface area contributed by atoms with Crippen molar-refractivity contribution in [3.63, 3.8) is 0 Å². The maximum Gasteiger partial charge on any atom is 0.412 e. The van der Waals surface area contributed by atoms with E-state index < -0.39 is 11.7 Å². The number of benzene rings is 1. The molecule has 0 unspecified atom stereocenters. The summed E-state index contributed by atoms with van der Waals surface area (Å²) in [5.74, 6) is 0. The highest BCUT2D eigenvalue weighted by Gasteiger charge is 2.34. The highest BCUT2D eigenvalue weighted by Crippen LogP contribution is 2.33. The highest BCUT2D eigenvalue weighted by atomic mass is 35.5. The molecule has 0 amide bonds. The molecule has 0 aromatic heterocycles. The molecule has 0 aliphatic carbocycles. The molecule has 0 fully saturated rings. The van der Waals surface area contributed by atoms with Gasteiger partial charge in [0.2, 0.25) is 0 Å². The van der Waals surface area contributed by atoms with Crippen molar-refractivity contribution in [3.8, 4) is 6.07 Å². The summed E-state index contributed by atoms with van der Waals surface area (Å²) in [6.07, 6.45) is -3.13. The minimum Gasteiger partial charge on any atom is -0.366 e. The van der Waals surface area contributed by atoms with Crippen molar-refractivity contribution in [1.82, 2.24) is 0 Å². The van der Waals surface area contributed by atoms with Crippen LogP contribution in [0, 0.1) is 11.3 Å². The summed E-state index contributed by atoms with van der Waals surface area (Å²) in [6, 6.07) is 6.74. The number of hydrogen-bond donors (Lipinski definition) is 0. The lowest BCUT2D eigenvalue weighted by molar-refractivity contribution is -0.0943. The number of halogens is 4. The van der Waals surface area contributed by atoms with E-state index in [-0.39, 0.29) is 19.5 Å². The minimum atomic E-state index is -4.25. The summed E-state index contributed by atoms with van der Waals surface area (Å²) in [5, 5.41) is 9.11. The molecule has 2 rings (SSSR count). The lowest BCUT2D eigenvalue weighted by Crippen LogP contribution is -2.32. The van der Waals surface area contributed by atoms with Crippen LogP contribution in [0.25, 0.3) is 0 Å². The summed E-state index contributed by atoms with van der Waals surface area (Å²) in [4.78, 5) is 1.76. The number of nitrogens with zero attached hydrogens (tertiary/aromatic N) is 2. The largest absolute Gasteiger partial charge is 0.412 e. The van der Waals surface area contributed by atoms with Crippen molar-refractivity contribution in [1.29, 1.82) is 5.26 Å². The van der Waals surface area contributed by atoms with Gasteiger partial charge < -0.3 is 4.90 Å². The molecule has 2 nitrogen and oxygen atoms in total. The van der Waals surface area contributed by atoms with Crippen LogP contribution in [-0.4, -0.2) is 19.3 Å². The second-order valence-corrected chi connectivity index (χ2v) is 4.61. The molecule has 6 heteroatoms. The zero-order chi connectivity index (χ0) is 14.0. The van der Waals surface area contributed by atoms with Gasteiger partial charge in [-0.15, -0.1) is 0 Å². The van der Waals surface area contributed by atoms with Gasteiger partial charge in [-0.1, -0.05) is 17.7 Å². The van der Waals surface area contributed by atoms with Crippen molar-refractivity contribution in [3.05, 3.63) is 40.4 Å². The molecular weight excluding hydrogens is 277 g/mol. The fourth-order valence-electron chi connectivity index (χ4n) is 1.98. The van der Waals surface area contributed by atoms with Gasteiger partial charge in [0.1, 0.15) is 0 Å². The Balaban J connectivity index is 2.19. The van der Waals surface area contributed by atoms with E-state index in [4.69, 9.17) is 16.9 Å². The van der Waals surface area contributed by atoms with E-state index in [9.17, 15) is 13.2 Å². The quantitative estimate of drug-likeness (QED) is 0.732. The van der Waals surface area contributed by atoms with Gasteiger partial charge in [0.25, 0.3) is 0 Å². The van der Waals surface area contributed by atoms with Crippen LogP contribution in [0.3, 0.4) is 0 Å². The SMILES string of the molecule is N#Cc1ccc(N2CC=C(C(F)(F)F)CC2)c(Cl)c1. The first-order chi connectivity index (χ1) is 8.91. The normalized spacial score (nSPS) is 15.9. The van der Waals surface area contributed by atoms with Crippen LogP contribution in [0.1, 0.15) is 12.0 Å². The van der Waals surface area contributed by atoms with Gasteiger partial charge in [0, 0.05) is 18.7 Å². The Labute approximate surface area is 113 Å². The topological polar surface area (TPSA) is 27.0 Å². The first-order valence-corrected chi connectivity index (χ1v) is 6.00. The van der Waals surface area contributed by atoms with Crippen LogP contribution in [-0.2, 0) is 0 Å². The number of anilines is 1. The fraction of sp³-hybridized carbons (Fsp3) is 0.308. The monoisotopic (exact) mass is 286 g/mol. The molecule has 100 valence electrons. The standard InChI is InChI=1S/C13H10ClF3N2/c14-11-7-9(8-18)1-2-12(11)19-5-3-10(4-6-19)13(15,16)17/h1-3,7H,4-6H2. The smallest absolute Gasteiger partial charge is 0.366 e. The maximum absolute atomic E-state index is 12.5. The molecule has 0 saturated heterocycles. The van der Waals surface area contributed by atoms with E-state index in [1.54, 1.807) is 17.0 Å². The number of alkyl halides is 3. The molecule has 1 aromatic rings. The van der Waals surface area contributed by atoms with Crippen LogP contribution in [0.4, 0.5) is 18.9 Å². The van der Waals surface area contributed by atoms with Crippen molar-refractivity contribution in [2.75, 3.05) is 18.0 Å². The molecule has 1 aliphatic heterocycles.